The highest BCUT2D eigenvalue weighted by Crippen LogP contribution is 2.30. The fourth-order valence-electron chi connectivity index (χ4n) is 3.99. The number of fused-ring (bicyclic) bond motifs is 1. The molecule has 0 saturated carbocycles. The van der Waals surface area contributed by atoms with Crippen molar-refractivity contribution in [1.82, 2.24) is 19.7 Å². The molecule has 0 bridgehead atoms. The highest BCUT2D eigenvalue weighted by molar-refractivity contribution is 5.85. The number of hydrogen-bond donors (Lipinski definition) is 0. The Labute approximate surface area is 155 Å². The van der Waals surface area contributed by atoms with Gasteiger partial charge in [0.25, 0.3) is 0 Å². The third-order valence-corrected chi connectivity index (χ3v) is 5.72. The molecule has 134 valence electrons. The van der Waals surface area contributed by atoms with E-state index < -0.39 is 0 Å². The molecule has 0 unspecified atom stereocenters. The molecule has 1 fully saturated rings. The zero-order valence-corrected chi connectivity index (χ0v) is 15.7. The Balaban J connectivity index is 1.44. The van der Waals surface area contributed by atoms with Crippen LogP contribution in [0.1, 0.15) is 41.3 Å². The minimum Gasteiger partial charge on any atom is -0.299 e. The zero-order valence-electron chi connectivity index (χ0n) is 15.7. The number of aryl methyl sites for hydroxylation is 1. The van der Waals surface area contributed by atoms with Crippen LogP contribution < -0.4 is 0 Å². The fraction of sp³-hybridized carbons (Fsp3) is 0.364. The monoisotopic (exact) mass is 346 g/mol. The Morgan fingerprint density at radius 3 is 2.73 bits per heavy atom. The molecule has 4 heteroatoms. The van der Waals surface area contributed by atoms with Gasteiger partial charge in [-0.05, 0) is 56.8 Å². The van der Waals surface area contributed by atoms with E-state index in [-0.39, 0.29) is 0 Å². The average Bonchev–Trinajstić information content (AvgIpc) is 3.02. The normalized spacial score (nSPS) is 16.2. The smallest absolute Gasteiger partial charge is 0.0541 e. The van der Waals surface area contributed by atoms with Gasteiger partial charge in [0.1, 0.15) is 0 Å². The van der Waals surface area contributed by atoms with Crippen molar-refractivity contribution in [2.45, 2.75) is 39.2 Å². The van der Waals surface area contributed by atoms with E-state index in [1.54, 1.807) is 6.20 Å². The molecular weight excluding hydrogens is 320 g/mol. The van der Waals surface area contributed by atoms with Gasteiger partial charge in [-0.15, -0.1) is 0 Å². The first-order chi connectivity index (χ1) is 12.7. The van der Waals surface area contributed by atoms with Gasteiger partial charge in [0, 0.05) is 47.2 Å². The lowest BCUT2D eigenvalue weighted by Gasteiger charge is -2.31. The summed E-state index contributed by atoms with van der Waals surface area (Å²) in [4.78, 5) is 7.29. The average molecular weight is 346 g/mol. The van der Waals surface area contributed by atoms with Crippen molar-refractivity contribution < 1.29 is 0 Å². The summed E-state index contributed by atoms with van der Waals surface area (Å²) in [6.45, 7) is 11.3. The van der Waals surface area contributed by atoms with Crippen LogP contribution in [0, 0.1) is 13.8 Å². The van der Waals surface area contributed by atoms with Crippen molar-refractivity contribution in [1.29, 1.82) is 0 Å². The van der Waals surface area contributed by atoms with Crippen molar-refractivity contribution in [3.63, 3.8) is 0 Å². The van der Waals surface area contributed by atoms with Crippen molar-refractivity contribution in [2.24, 2.45) is 0 Å². The highest BCUT2D eigenvalue weighted by atomic mass is 15.3. The summed E-state index contributed by atoms with van der Waals surface area (Å²) < 4.78 is 1.85. The second kappa shape index (κ2) is 7.04. The quantitative estimate of drug-likeness (QED) is 0.696. The molecule has 26 heavy (non-hydrogen) atoms. The van der Waals surface area contributed by atoms with Crippen LogP contribution in [0.2, 0.25) is 0 Å². The number of aromatic nitrogens is 3. The molecule has 4 rings (SSSR count). The topological polar surface area (TPSA) is 34.0 Å². The number of likely N-dealkylation sites (tertiary alicyclic amines) is 1. The van der Waals surface area contributed by atoms with E-state index in [0.29, 0.717) is 5.92 Å². The molecule has 3 aromatic rings. The van der Waals surface area contributed by atoms with E-state index in [2.05, 4.69) is 54.7 Å². The molecular formula is C22H26N4. The largest absolute Gasteiger partial charge is 0.299 e. The molecule has 0 atom stereocenters. The third kappa shape index (κ3) is 3.17. The molecule has 0 amide bonds. The van der Waals surface area contributed by atoms with Crippen LogP contribution in [0.15, 0.2) is 43.2 Å². The highest BCUT2D eigenvalue weighted by Gasteiger charge is 2.22. The minimum atomic E-state index is 0.562. The minimum absolute atomic E-state index is 0.562. The Bertz CT molecular complexity index is 932. The predicted octanol–water partition coefficient (Wildman–Crippen LogP) is 4.53. The van der Waals surface area contributed by atoms with E-state index in [4.69, 9.17) is 4.98 Å². The van der Waals surface area contributed by atoms with Crippen LogP contribution in [-0.2, 0) is 6.54 Å². The molecule has 0 aliphatic carbocycles. The van der Waals surface area contributed by atoms with Gasteiger partial charge >= 0.3 is 0 Å². The second-order valence-electron chi connectivity index (χ2n) is 7.34. The second-order valence-corrected chi connectivity index (χ2v) is 7.34. The maximum Gasteiger partial charge on any atom is 0.0541 e. The molecule has 1 aliphatic rings. The summed E-state index contributed by atoms with van der Waals surface area (Å²) in [5, 5.41) is 6.94. The van der Waals surface area contributed by atoms with Crippen LogP contribution in [0.25, 0.3) is 17.0 Å². The number of pyridine rings is 1. The third-order valence-electron chi connectivity index (χ3n) is 5.72. The first-order valence-electron chi connectivity index (χ1n) is 9.39. The van der Waals surface area contributed by atoms with E-state index in [1.165, 1.54) is 46.1 Å². The fourth-order valence-corrected chi connectivity index (χ4v) is 3.99. The first kappa shape index (κ1) is 17.0. The van der Waals surface area contributed by atoms with Gasteiger partial charge < -0.3 is 0 Å². The molecule has 4 nitrogen and oxygen atoms in total. The number of benzene rings is 1. The van der Waals surface area contributed by atoms with Crippen molar-refractivity contribution in [3.8, 4) is 0 Å². The SMILES string of the molecule is C=Cn1ncc(CN2CCC(c3cc4c(C)cccc4cn3)CC2)c1C. The van der Waals surface area contributed by atoms with Crippen LogP contribution >= 0.6 is 0 Å². The van der Waals surface area contributed by atoms with Crippen molar-refractivity contribution in [2.75, 3.05) is 13.1 Å². The zero-order chi connectivity index (χ0) is 18.1. The summed E-state index contributed by atoms with van der Waals surface area (Å²) in [7, 11) is 0. The Morgan fingerprint density at radius 1 is 1.19 bits per heavy atom. The Kier molecular flexibility index (Phi) is 4.60. The van der Waals surface area contributed by atoms with E-state index in [9.17, 15) is 0 Å². The van der Waals surface area contributed by atoms with E-state index >= 15 is 0 Å². The predicted molar refractivity (Wildman–Crippen MR) is 107 cm³/mol. The molecule has 0 radical (unpaired) electrons. The molecule has 1 aliphatic heterocycles. The van der Waals surface area contributed by atoms with Crippen LogP contribution in [0.5, 0.6) is 0 Å². The molecule has 0 spiro atoms. The summed E-state index contributed by atoms with van der Waals surface area (Å²) in [6, 6.07) is 8.74. The summed E-state index contributed by atoms with van der Waals surface area (Å²) in [5.74, 6) is 0.562. The molecule has 3 heterocycles. The van der Waals surface area contributed by atoms with Gasteiger partial charge in [0.05, 0.1) is 6.20 Å². The van der Waals surface area contributed by atoms with Crippen molar-refractivity contribution >= 4 is 17.0 Å². The van der Waals surface area contributed by atoms with Gasteiger partial charge in [0.15, 0.2) is 0 Å². The lowest BCUT2D eigenvalue weighted by Crippen LogP contribution is -2.32. The number of nitrogens with zero attached hydrogens (tertiary/aromatic N) is 4. The molecule has 1 saturated heterocycles. The lowest BCUT2D eigenvalue weighted by molar-refractivity contribution is 0.203. The van der Waals surface area contributed by atoms with Gasteiger partial charge in [-0.2, -0.15) is 5.10 Å². The van der Waals surface area contributed by atoms with E-state index in [0.717, 1.165) is 19.6 Å². The van der Waals surface area contributed by atoms with Crippen LogP contribution in [0.3, 0.4) is 0 Å². The Hall–Kier alpha value is -2.46. The van der Waals surface area contributed by atoms with Gasteiger partial charge in [0.2, 0.25) is 0 Å². The van der Waals surface area contributed by atoms with Gasteiger partial charge in [-0.1, -0.05) is 24.8 Å². The lowest BCUT2D eigenvalue weighted by atomic mass is 9.91. The molecule has 2 aromatic heterocycles. The first-order valence-corrected chi connectivity index (χ1v) is 9.39. The summed E-state index contributed by atoms with van der Waals surface area (Å²) in [5.41, 5.74) is 5.07. The standard InChI is InChI=1S/C22H26N4/c1-4-26-17(3)20(14-24-26)15-25-10-8-18(9-11-25)22-12-21-16(2)6-5-7-19(21)13-23-22/h4-7,12-14,18H,1,8-11,15H2,2-3H3. The Morgan fingerprint density at radius 2 is 2.00 bits per heavy atom. The number of piperidine rings is 1. The molecule has 0 N–H and O–H groups in total. The maximum atomic E-state index is 4.77. The van der Waals surface area contributed by atoms with Crippen LogP contribution in [0.4, 0.5) is 0 Å². The van der Waals surface area contributed by atoms with Gasteiger partial charge in [-0.3, -0.25) is 9.88 Å². The van der Waals surface area contributed by atoms with Crippen molar-refractivity contribution in [3.05, 3.63) is 65.8 Å². The maximum absolute atomic E-state index is 4.77. The number of hydrogen-bond acceptors (Lipinski definition) is 3. The van der Waals surface area contributed by atoms with E-state index in [1.807, 2.05) is 17.1 Å². The summed E-state index contributed by atoms with van der Waals surface area (Å²) in [6.07, 6.45) is 8.10. The van der Waals surface area contributed by atoms with Crippen LogP contribution in [-0.4, -0.2) is 32.8 Å². The van der Waals surface area contributed by atoms with Gasteiger partial charge in [-0.25, -0.2) is 4.68 Å². The number of rotatable bonds is 4. The summed E-state index contributed by atoms with van der Waals surface area (Å²) >= 11 is 0. The molecule has 1 aromatic carbocycles.